The van der Waals surface area contributed by atoms with Crippen LogP contribution in [0.3, 0.4) is 0 Å². The average molecular weight is 217 g/mol. The van der Waals surface area contributed by atoms with Crippen LogP contribution in [0.25, 0.3) is 0 Å². The first-order valence-electron chi connectivity index (χ1n) is 5.53. The Labute approximate surface area is 86.2 Å². The van der Waals surface area contributed by atoms with E-state index in [1.807, 2.05) is 0 Å². The van der Waals surface area contributed by atoms with Crippen molar-refractivity contribution >= 4 is 9.84 Å². The molecule has 1 unspecified atom stereocenters. The molecule has 2 rings (SSSR count). The van der Waals surface area contributed by atoms with Crippen LogP contribution in [0.5, 0.6) is 0 Å². The number of hydrogen-bond acceptors (Lipinski definition) is 3. The van der Waals surface area contributed by atoms with Gasteiger partial charge in [-0.25, -0.2) is 8.42 Å². The highest BCUT2D eigenvalue weighted by Crippen LogP contribution is 2.30. The van der Waals surface area contributed by atoms with Gasteiger partial charge >= 0.3 is 0 Å². The van der Waals surface area contributed by atoms with Crippen LogP contribution in [0.15, 0.2) is 0 Å². The summed E-state index contributed by atoms with van der Waals surface area (Å²) in [5.41, 5.74) is 0. The fourth-order valence-electron chi connectivity index (χ4n) is 2.37. The number of rotatable bonds is 3. The van der Waals surface area contributed by atoms with E-state index >= 15 is 0 Å². The van der Waals surface area contributed by atoms with Gasteiger partial charge in [-0.1, -0.05) is 6.42 Å². The highest BCUT2D eigenvalue weighted by atomic mass is 32.2. The molecule has 1 aliphatic heterocycles. The highest BCUT2D eigenvalue weighted by molar-refractivity contribution is 7.91. The lowest BCUT2D eigenvalue weighted by Crippen LogP contribution is -2.43. The predicted molar refractivity (Wildman–Crippen MR) is 57.0 cm³/mol. The Bertz CT molecular complexity index is 295. The van der Waals surface area contributed by atoms with E-state index < -0.39 is 9.84 Å². The van der Waals surface area contributed by atoms with Gasteiger partial charge in [-0.3, -0.25) is 0 Å². The van der Waals surface area contributed by atoms with Crippen molar-refractivity contribution in [2.75, 3.05) is 11.5 Å². The van der Waals surface area contributed by atoms with E-state index in [2.05, 4.69) is 12.2 Å². The lowest BCUT2D eigenvalue weighted by molar-refractivity contribution is 0.230. The minimum absolute atomic E-state index is 0.218. The van der Waals surface area contributed by atoms with Gasteiger partial charge in [0, 0.05) is 12.1 Å². The van der Waals surface area contributed by atoms with Crippen molar-refractivity contribution in [1.82, 2.24) is 5.32 Å². The van der Waals surface area contributed by atoms with Crippen LogP contribution in [0, 0.1) is 5.92 Å². The van der Waals surface area contributed by atoms with Crippen LogP contribution in [0.4, 0.5) is 0 Å². The van der Waals surface area contributed by atoms with E-state index in [9.17, 15) is 8.42 Å². The Balaban J connectivity index is 1.80. The summed E-state index contributed by atoms with van der Waals surface area (Å²) in [5.74, 6) is 1.52. The van der Waals surface area contributed by atoms with E-state index in [0.29, 0.717) is 17.5 Å². The van der Waals surface area contributed by atoms with Gasteiger partial charge in [0.25, 0.3) is 0 Å². The van der Waals surface area contributed by atoms with E-state index in [-0.39, 0.29) is 6.04 Å². The van der Waals surface area contributed by atoms with Crippen LogP contribution in [-0.2, 0) is 9.84 Å². The second kappa shape index (κ2) is 3.81. The van der Waals surface area contributed by atoms with Crippen molar-refractivity contribution in [2.45, 2.75) is 44.7 Å². The van der Waals surface area contributed by atoms with Gasteiger partial charge in [-0.2, -0.15) is 0 Å². The molecule has 2 aliphatic rings. The minimum Gasteiger partial charge on any atom is -0.310 e. The summed E-state index contributed by atoms with van der Waals surface area (Å²) in [6.07, 6.45) is 4.78. The average Bonchev–Trinajstić information content (AvgIpc) is 2.25. The first-order valence-corrected chi connectivity index (χ1v) is 7.35. The van der Waals surface area contributed by atoms with E-state index in [4.69, 9.17) is 0 Å². The maximum atomic E-state index is 11.2. The molecule has 0 bridgehead atoms. The van der Waals surface area contributed by atoms with Gasteiger partial charge < -0.3 is 5.32 Å². The zero-order valence-electron chi connectivity index (χ0n) is 8.70. The Morgan fingerprint density at radius 1 is 1.29 bits per heavy atom. The zero-order valence-corrected chi connectivity index (χ0v) is 9.52. The van der Waals surface area contributed by atoms with Crippen LogP contribution in [-0.4, -0.2) is 32.0 Å². The van der Waals surface area contributed by atoms with Gasteiger partial charge in [0.1, 0.15) is 0 Å². The van der Waals surface area contributed by atoms with Gasteiger partial charge in [-0.15, -0.1) is 0 Å². The Kier molecular flexibility index (Phi) is 2.84. The molecule has 1 heterocycles. The molecule has 0 spiro atoms. The summed E-state index contributed by atoms with van der Waals surface area (Å²) >= 11 is 0. The third-order valence-corrected chi connectivity index (χ3v) is 5.36. The molecular weight excluding hydrogens is 198 g/mol. The van der Waals surface area contributed by atoms with Crippen LogP contribution < -0.4 is 5.32 Å². The first kappa shape index (κ1) is 10.4. The van der Waals surface area contributed by atoms with Crippen molar-refractivity contribution in [3.63, 3.8) is 0 Å². The maximum Gasteiger partial charge on any atom is 0.151 e. The molecule has 2 fully saturated rings. The SMILES string of the molecule is C[C@H](NC1CCS(=O)(=O)C1)C1CCC1. The largest absolute Gasteiger partial charge is 0.310 e. The molecule has 1 aliphatic carbocycles. The first-order chi connectivity index (χ1) is 6.57. The summed E-state index contributed by atoms with van der Waals surface area (Å²) < 4.78 is 22.5. The van der Waals surface area contributed by atoms with Crippen LogP contribution >= 0.6 is 0 Å². The molecule has 0 radical (unpaired) electrons. The standard InChI is InChI=1S/C10H19NO2S/c1-8(9-3-2-4-9)11-10-5-6-14(12,13)7-10/h8-11H,2-7H2,1H3/t8-,10?/m0/s1. The molecule has 0 amide bonds. The third kappa shape index (κ3) is 2.28. The fraction of sp³-hybridized carbons (Fsp3) is 1.00. The quantitative estimate of drug-likeness (QED) is 0.765. The topological polar surface area (TPSA) is 46.2 Å². The lowest BCUT2D eigenvalue weighted by Gasteiger charge is -2.33. The molecule has 4 heteroatoms. The van der Waals surface area contributed by atoms with Gasteiger partial charge in [0.15, 0.2) is 9.84 Å². The predicted octanol–water partition coefficient (Wildman–Crippen LogP) is 0.952. The molecule has 0 aromatic heterocycles. The second-order valence-corrected chi connectivity index (χ2v) is 6.98. The molecule has 14 heavy (non-hydrogen) atoms. The molecule has 1 saturated heterocycles. The van der Waals surface area contributed by atoms with Crippen molar-refractivity contribution in [2.24, 2.45) is 5.92 Å². The maximum absolute atomic E-state index is 11.2. The number of hydrogen-bond donors (Lipinski definition) is 1. The van der Waals surface area contributed by atoms with Crippen molar-refractivity contribution in [3.05, 3.63) is 0 Å². The van der Waals surface area contributed by atoms with Crippen LogP contribution in [0.1, 0.15) is 32.6 Å². The fourth-order valence-corrected chi connectivity index (χ4v) is 4.06. The van der Waals surface area contributed by atoms with Crippen LogP contribution in [0.2, 0.25) is 0 Å². The molecule has 1 N–H and O–H groups in total. The highest BCUT2D eigenvalue weighted by Gasteiger charge is 2.31. The normalized spacial score (nSPS) is 33.9. The van der Waals surface area contributed by atoms with Gasteiger partial charge in [0.2, 0.25) is 0 Å². The summed E-state index contributed by atoms with van der Waals surface area (Å²) in [7, 11) is -2.72. The van der Waals surface area contributed by atoms with Crippen molar-refractivity contribution in [1.29, 1.82) is 0 Å². The minimum atomic E-state index is -2.72. The third-order valence-electron chi connectivity index (χ3n) is 3.59. The van der Waals surface area contributed by atoms with E-state index in [0.717, 1.165) is 12.3 Å². The summed E-state index contributed by atoms with van der Waals surface area (Å²) in [6, 6.07) is 0.720. The Hall–Kier alpha value is -0.0900. The van der Waals surface area contributed by atoms with Crippen molar-refractivity contribution < 1.29 is 8.42 Å². The number of nitrogens with one attached hydrogen (secondary N) is 1. The second-order valence-electron chi connectivity index (χ2n) is 4.75. The van der Waals surface area contributed by atoms with Gasteiger partial charge in [-0.05, 0) is 32.1 Å². The van der Waals surface area contributed by atoms with Gasteiger partial charge in [0.05, 0.1) is 11.5 Å². The molecule has 0 aromatic carbocycles. The molecule has 2 atom stereocenters. The Morgan fingerprint density at radius 2 is 2.00 bits per heavy atom. The zero-order chi connectivity index (χ0) is 10.2. The molecule has 82 valence electrons. The van der Waals surface area contributed by atoms with E-state index in [1.54, 1.807) is 0 Å². The molecule has 3 nitrogen and oxygen atoms in total. The van der Waals surface area contributed by atoms with Crippen molar-refractivity contribution in [3.8, 4) is 0 Å². The molecular formula is C10H19NO2S. The number of sulfone groups is 1. The lowest BCUT2D eigenvalue weighted by atomic mass is 9.80. The van der Waals surface area contributed by atoms with E-state index in [1.165, 1.54) is 19.3 Å². The Morgan fingerprint density at radius 3 is 2.43 bits per heavy atom. The molecule has 1 saturated carbocycles. The monoisotopic (exact) mass is 217 g/mol. The summed E-state index contributed by atoms with van der Waals surface area (Å²) in [4.78, 5) is 0. The summed E-state index contributed by atoms with van der Waals surface area (Å²) in [6.45, 7) is 2.19. The summed E-state index contributed by atoms with van der Waals surface area (Å²) in [5, 5.41) is 3.46. The molecule has 0 aromatic rings. The smallest absolute Gasteiger partial charge is 0.151 e.